The molecule has 0 aliphatic heterocycles. The molecule has 0 atom stereocenters. The van der Waals surface area contributed by atoms with Crippen molar-refractivity contribution in [2.75, 3.05) is 20.2 Å². The molecule has 7 heteroatoms. The average Bonchev–Trinajstić information content (AvgIpc) is 2.81. The summed E-state index contributed by atoms with van der Waals surface area (Å²) in [5.74, 6) is 0.262. The number of sulfonamides is 1. The maximum atomic E-state index is 13.5. The lowest BCUT2D eigenvalue weighted by molar-refractivity contribution is -0.121. The highest BCUT2D eigenvalue weighted by molar-refractivity contribution is 7.89. The van der Waals surface area contributed by atoms with Gasteiger partial charge in [-0.3, -0.25) is 4.79 Å². The maximum absolute atomic E-state index is 13.5. The van der Waals surface area contributed by atoms with Gasteiger partial charge in [-0.15, -0.1) is 0 Å². The highest BCUT2D eigenvalue weighted by atomic mass is 32.2. The molecule has 0 aliphatic rings. The average molecular weight is 467 g/mol. The lowest BCUT2D eigenvalue weighted by Gasteiger charge is -2.22. The van der Waals surface area contributed by atoms with E-state index in [1.807, 2.05) is 61.5 Å². The summed E-state index contributed by atoms with van der Waals surface area (Å²) in [6.45, 7) is 4.06. The first kappa shape index (κ1) is 24.5. The zero-order chi connectivity index (χ0) is 23.8. The summed E-state index contributed by atoms with van der Waals surface area (Å²) in [7, 11) is -2.34. The number of hydrogen-bond donors (Lipinski definition) is 1. The summed E-state index contributed by atoms with van der Waals surface area (Å²) >= 11 is 0. The standard InChI is InChI=1S/C26H30N2O4S/c1-20-9-11-23(12-10-20)18-27-26(29)19-28(16-15-22-7-5-4-6-8-22)33(30,31)24-13-14-25(32-3)21(2)17-24/h4-14,17H,15-16,18-19H2,1-3H3,(H,27,29). The van der Waals surface area contributed by atoms with E-state index in [4.69, 9.17) is 4.74 Å². The van der Waals surface area contributed by atoms with E-state index in [9.17, 15) is 13.2 Å². The number of benzene rings is 3. The Hall–Kier alpha value is -3.16. The van der Waals surface area contributed by atoms with E-state index in [-0.39, 0.29) is 23.9 Å². The predicted octanol–water partition coefficient (Wildman–Crippen LogP) is 3.86. The zero-order valence-corrected chi connectivity index (χ0v) is 20.1. The van der Waals surface area contributed by atoms with Gasteiger partial charge in [-0.05, 0) is 55.2 Å². The lowest BCUT2D eigenvalue weighted by atomic mass is 10.1. The SMILES string of the molecule is COc1ccc(S(=O)(=O)N(CCc2ccccc2)CC(=O)NCc2ccc(C)cc2)cc1C. The van der Waals surface area contributed by atoms with Crippen LogP contribution >= 0.6 is 0 Å². The molecular formula is C26H30N2O4S. The fourth-order valence-corrected chi connectivity index (χ4v) is 4.95. The third-order valence-electron chi connectivity index (χ3n) is 5.43. The van der Waals surface area contributed by atoms with Crippen LogP contribution in [0.2, 0.25) is 0 Å². The van der Waals surface area contributed by atoms with Crippen LogP contribution < -0.4 is 10.1 Å². The largest absolute Gasteiger partial charge is 0.496 e. The summed E-state index contributed by atoms with van der Waals surface area (Å²) in [5.41, 5.74) is 3.81. The second-order valence-corrected chi connectivity index (χ2v) is 9.91. The molecule has 1 amide bonds. The zero-order valence-electron chi connectivity index (χ0n) is 19.2. The topological polar surface area (TPSA) is 75.7 Å². The molecule has 3 aromatic carbocycles. The molecule has 0 saturated heterocycles. The Morgan fingerprint density at radius 2 is 1.64 bits per heavy atom. The van der Waals surface area contributed by atoms with Crippen LogP contribution in [0.5, 0.6) is 5.75 Å². The lowest BCUT2D eigenvalue weighted by Crippen LogP contribution is -2.41. The first-order chi connectivity index (χ1) is 15.8. The van der Waals surface area contributed by atoms with Crippen molar-refractivity contribution in [3.63, 3.8) is 0 Å². The Morgan fingerprint density at radius 3 is 2.27 bits per heavy atom. The molecule has 3 aromatic rings. The molecule has 3 rings (SSSR count). The summed E-state index contributed by atoms with van der Waals surface area (Å²) in [6, 6.07) is 22.2. The second kappa shape index (κ2) is 11.1. The first-order valence-corrected chi connectivity index (χ1v) is 12.2. The van der Waals surface area contributed by atoms with Crippen LogP contribution in [0.15, 0.2) is 77.7 Å². The number of amides is 1. The van der Waals surface area contributed by atoms with E-state index in [0.717, 1.165) is 16.7 Å². The Balaban J connectivity index is 1.77. The van der Waals surface area contributed by atoms with Crippen LogP contribution in [0.1, 0.15) is 22.3 Å². The number of aryl methyl sites for hydroxylation is 2. The summed E-state index contributed by atoms with van der Waals surface area (Å²) in [4.78, 5) is 12.9. The minimum Gasteiger partial charge on any atom is -0.496 e. The quantitative estimate of drug-likeness (QED) is 0.492. The number of carbonyl (C=O) groups excluding carboxylic acids is 1. The second-order valence-electron chi connectivity index (χ2n) is 7.97. The van der Waals surface area contributed by atoms with Gasteiger partial charge < -0.3 is 10.1 Å². The van der Waals surface area contributed by atoms with E-state index < -0.39 is 10.0 Å². The Morgan fingerprint density at radius 1 is 0.939 bits per heavy atom. The molecule has 0 spiro atoms. The molecule has 0 saturated carbocycles. The fraction of sp³-hybridized carbons (Fsp3) is 0.269. The van der Waals surface area contributed by atoms with Gasteiger partial charge in [0.15, 0.2) is 0 Å². The monoisotopic (exact) mass is 466 g/mol. The Kier molecular flexibility index (Phi) is 8.25. The van der Waals surface area contributed by atoms with Gasteiger partial charge in [-0.25, -0.2) is 8.42 Å². The molecule has 0 bridgehead atoms. The number of nitrogens with one attached hydrogen (secondary N) is 1. The molecule has 0 aliphatic carbocycles. The molecule has 174 valence electrons. The minimum atomic E-state index is -3.89. The highest BCUT2D eigenvalue weighted by Gasteiger charge is 2.27. The van der Waals surface area contributed by atoms with Crippen molar-refractivity contribution in [3.05, 3.63) is 95.1 Å². The van der Waals surface area contributed by atoms with Gasteiger partial charge in [0.05, 0.1) is 18.6 Å². The van der Waals surface area contributed by atoms with Crippen molar-refractivity contribution in [1.82, 2.24) is 9.62 Å². The van der Waals surface area contributed by atoms with Gasteiger partial charge in [0.2, 0.25) is 15.9 Å². The van der Waals surface area contributed by atoms with Gasteiger partial charge in [0.1, 0.15) is 5.75 Å². The Labute approximate surface area is 196 Å². The van der Waals surface area contributed by atoms with Crippen LogP contribution in [0.3, 0.4) is 0 Å². The number of ether oxygens (including phenoxy) is 1. The van der Waals surface area contributed by atoms with Gasteiger partial charge in [0.25, 0.3) is 0 Å². The van der Waals surface area contributed by atoms with E-state index in [1.54, 1.807) is 26.2 Å². The van der Waals surface area contributed by atoms with Crippen molar-refractivity contribution in [2.45, 2.75) is 31.7 Å². The number of carbonyl (C=O) groups is 1. The molecule has 0 unspecified atom stereocenters. The smallest absolute Gasteiger partial charge is 0.243 e. The van der Waals surface area contributed by atoms with E-state index in [1.165, 1.54) is 10.4 Å². The highest BCUT2D eigenvalue weighted by Crippen LogP contribution is 2.24. The molecule has 0 fully saturated rings. The number of hydrogen-bond acceptors (Lipinski definition) is 4. The molecule has 1 N–H and O–H groups in total. The van der Waals surface area contributed by atoms with Crippen molar-refractivity contribution in [1.29, 1.82) is 0 Å². The van der Waals surface area contributed by atoms with E-state index >= 15 is 0 Å². The van der Waals surface area contributed by atoms with Crippen LogP contribution in [0.4, 0.5) is 0 Å². The van der Waals surface area contributed by atoms with Crippen LogP contribution in [-0.4, -0.2) is 38.8 Å². The number of methoxy groups -OCH3 is 1. The normalized spacial score (nSPS) is 11.4. The molecule has 0 heterocycles. The number of nitrogens with zero attached hydrogens (tertiary/aromatic N) is 1. The van der Waals surface area contributed by atoms with Crippen molar-refractivity contribution < 1.29 is 17.9 Å². The molecule has 0 aromatic heterocycles. The van der Waals surface area contributed by atoms with Crippen LogP contribution in [-0.2, 0) is 27.8 Å². The fourth-order valence-electron chi connectivity index (χ4n) is 3.47. The van der Waals surface area contributed by atoms with E-state index in [2.05, 4.69) is 5.32 Å². The first-order valence-electron chi connectivity index (χ1n) is 10.8. The van der Waals surface area contributed by atoms with Crippen molar-refractivity contribution >= 4 is 15.9 Å². The van der Waals surface area contributed by atoms with Gasteiger partial charge in [-0.2, -0.15) is 4.31 Å². The summed E-state index contributed by atoms with van der Waals surface area (Å²) in [6.07, 6.45) is 0.500. The minimum absolute atomic E-state index is 0.139. The van der Waals surface area contributed by atoms with Crippen molar-refractivity contribution in [3.8, 4) is 5.75 Å². The maximum Gasteiger partial charge on any atom is 0.243 e. The van der Waals surface area contributed by atoms with Gasteiger partial charge >= 0.3 is 0 Å². The summed E-state index contributed by atoms with van der Waals surface area (Å²) < 4.78 is 33.4. The van der Waals surface area contributed by atoms with Gasteiger partial charge in [0, 0.05) is 13.1 Å². The number of rotatable bonds is 10. The molecular weight excluding hydrogens is 436 g/mol. The molecule has 33 heavy (non-hydrogen) atoms. The molecule has 0 radical (unpaired) electrons. The van der Waals surface area contributed by atoms with Crippen LogP contribution in [0, 0.1) is 13.8 Å². The predicted molar refractivity (Wildman–Crippen MR) is 130 cm³/mol. The third-order valence-corrected chi connectivity index (χ3v) is 7.27. The van der Waals surface area contributed by atoms with Crippen molar-refractivity contribution in [2.24, 2.45) is 0 Å². The Bertz CT molecular complexity index is 1180. The van der Waals surface area contributed by atoms with Crippen LogP contribution in [0.25, 0.3) is 0 Å². The molecule has 6 nitrogen and oxygen atoms in total. The third kappa shape index (κ3) is 6.66. The van der Waals surface area contributed by atoms with E-state index in [0.29, 0.717) is 24.3 Å². The van der Waals surface area contributed by atoms with Gasteiger partial charge in [-0.1, -0.05) is 60.2 Å². The summed E-state index contributed by atoms with van der Waals surface area (Å²) in [5, 5.41) is 2.84.